The maximum Gasteiger partial charge on any atom is 0.341 e. The summed E-state index contributed by atoms with van der Waals surface area (Å²) in [6.45, 7) is 0. The topological polar surface area (TPSA) is 62.2 Å². The van der Waals surface area contributed by atoms with E-state index in [2.05, 4.69) is 26.2 Å². The van der Waals surface area contributed by atoms with Gasteiger partial charge in [-0.2, -0.15) is 0 Å². The maximum atomic E-state index is 11.6. The molecule has 0 bridgehead atoms. The molecule has 0 amide bonds. The number of hydrogen-bond acceptors (Lipinski definition) is 3. The molecule has 0 saturated carbocycles. The van der Waals surface area contributed by atoms with Crippen molar-refractivity contribution < 1.29 is 9.90 Å². The SMILES string of the molecule is O=C(O)c1c(Nc2ccccc2)nc2ccc(Br)cc2c1Cl. The minimum absolute atomic E-state index is 0.0453. The first-order valence-electron chi connectivity index (χ1n) is 6.40. The number of nitrogens with zero attached hydrogens (tertiary/aromatic N) is 1. The van der Waals surface area contributed by atoms with Gasteiger partial charge in [-0.25, -0.2) is 9.78 Å². The van der Waals surface area contributed by atoms with Crippen LogP contribution in [0.1, 0.15) is 10.4 Å². The lowest BCUT2D eigenvalue weighted by Gasteiger charge is -2.12. The number of carboxylic acid groups (broad SMARTS) is 1. The van der Waals surface area contributed by atoms with Gasteiger partial charge < -0.3 is 10.4 Å². The van der Waals surface area contributed by atoms with Gasteiger partial charge in [0.15, 0.2) is 0 Å². The summed E-state index contributed by atoms with van der Waals surface area (Å²) >= 11 is 9.65. The Hall–Kier alpha value is -2.11. The number of fused-ring (bicyclic) bond motifs is 1. The Morgan fingerprint density at radius 3 is 2.59 bits per heavy atom. The van der Waals surface area contributed by atoms with Crippen LogP contribution >= 0.6 is 27.5 Å². The van der Waals surface area contributed by atoms with Gasteiger partial charge in [0, 0.05) is 15.5 Å². The number of anilines is 2. The predicted octanol–water partition coefficient (Wildman–Crippen LogP) is 5.09. The molecule has 22 heavy (non-hydrogen) atoms. The number of carbonyl (C=O) groups is 1. The molecule has 6 heteroatoms. The molecule has 0 aliphatic rings. The Morgan fingerprint density at radius 2 is 1.91 bits per heavy atom. The summed E-state index contributed by atoms with van der Waals surface area (Å²) in [5.74, 6) is -0.906. The fourth-order valence-corrected chi connectivity index (χ4v) is 2.82. The highest BCUT2D eigenvalue weighted by molar-refractivity contribution is 9.10. The molecule has 0 fully saturated rings. The van der Waals surface area contributed by atoms with Gasteiger partial charge in [0.1, 0.15) is 11.4 Å². The van der Waals surface area contributed by atoms with E-state index >= 15 is 0 Å². The number of nitrogens with one attached hydrogen (secondary N) is 1. The molecule has 0 radical (unpaired) electrons. The van der Waals surface area contributed by atoms with E-state index in [0.717, 1.165) is 10.2 Å². The number of carboxylic acids is 1. The Balaban J connectivity index is 2.22. The monoisotopic (exact) mass is 376 g/mol. The minimum Gasteiger partial charge on any atom is -0.478 e. The molecule has 4 nitrogen and oxygen atoms in total. The zero-order valence-corrected chi connectivity index (χ0v) is 13.5. The number of benzene rings is 2. The fourth-order valence-electron chi connectivity index (χ4n) is 2.14. The molecule has 0 atom stereocenters. The van der Waals surface area contributed by atoms with Crippen LogP contribution in [0, 0.1) is 0 Å². The number of hydrogen-bond donors (Lipinski definition) is 2. The van der Waals surface area contributed by atoms with Gasteiger partial charge in [-0.1, -0.05) is 45.7 Å². The molecular weight excluding hydrogens is 368 g/mol. The van der Waals surface area contributed by atoms with Crippen molar-refractivity contribution >= 4 is 55.9 Å². The van der Waals surface area contributed by atoms with Crippen molar-refractivity contribution in [1.82, 2.24) is 4.98 Å². The molecule has 0 aliphatic carbocycles. The highest BCUT2D eigenvalue weighted by Crippen LogP contribution is 2.33. The first kappa shape index (κ1) is 14.8. The first-order valence-corrected chi connectivity index (χ1v) is 7.57. The lowest BCUT2D eigenvalue weighted by atomic mass is 10.1. The van der Waals surface area contributed by atoms with E-state index in [0.29, 0.717) is 10.9 Å². The van der Waals surface area contributed by atoms with Gasteiger partial charge in [0.05, 0.1) is 10.5 Å². The number of aromatic carboxylic acids is 1. The van der Waals surface area contributed by atoms with Gasteiger partial charge >= 0.3 is 5.97 Å². The molecule has 0 saturated heterocycles. The van der Waals surface area contributed by atoms with E-state index in [1.54, 1.807) is 12.1 Å². The quantitative estimate of drug-likeness (QED) is 0.667. The molecule has 2 N–H and O–H groups in total. The van der Waals surface area contributed by atoms with E-state index in [1.807, 2.05) is 36.4 Å². The number of para-hydroxylation sites is 1. The average molecular weight is 378 g/mol. The molecule has 110 valence electrons. The molecular formula is C16H10BrClN2O2. The number of pyridine rings is 1. The Labute approximate surface area is 139 Å². The van der Waals surface area contributed by atoms with Crippen LogP contribution in [-0.4, -0.2) is 16.1 Å². The van der Waals surface area contributed by atoms with E-state index in [1.165, 1.54) is 0 Å². The first-order chi connectivity index (χ1) is 10.6. The summed E-state index contributed by atoms with van der Waals surface area (Å²) in [5, 5.41) is 13.2. The predicted molar refractivity (Wildman–Crippen MR) is 91.1 cm³/mol. The van der Waals surface area contributed by atoms with Crippen molar-refractivity contribution in [2.75, 3.05) is 5.32 Å². The molecule has 1 aromatic heterocycles. The summed E-state index contributed by atoms with van der Waals surface area (Å²) in [6, 6.07) is 14.6. The second-order valence-corrected chi connectivity index (χ2v) is 5.90. The van der Waals surface area contributed by atoms with Crippen molar-refractivity contribution in [2.24, 2.45) is 0 Å². The van der Waals surface area contributed by atoms with E-state index in [-0.39, 0.29) is 16.4 Å². The zero-order chi connectivity index (χ0) is 15.7. The summed E-state index contributed by atoms with van der Waals surface area (Å²) in [7, 11) is 0. The van der Waals surface area contributed by atoms with Gasteiger partial charge in [-0.15, -0.1) is 0 Å². The molecule has 2 aromatic carbocycles. The summed E-state index contributed by atoms with van der Waals surface area (Å²) in [6.07, 6.45) is 0. The molecule has 0 aliphatic heterocycles. The highest BCUT2D eigenvalue weighted by atomic mass is 79.9. The highest BCUT2D eigenvalue weighted by Gasteiger charge is 2.20. The van der Waals surface area contributed by atoms with Crippen LogP contribution in [0.2, 0.25) is 5.02 Å². The van der Waals surface area contributed by atoms with Crippen LogP contribution in [-0.2, 0) is 0 Å². The average Bonchev–Trinajstić information content (AvgIpc) is 2.49. The third-order valence-corrected chi connectivity index (χ3v) is 4.02. The van der Waals surface area contributed by atoms with Crippen molar-refractivity contribution in [1.29, 1.82) is 0 Å². The number of halogens is 2. The second-order valence-electron chi connectivity index (χ2n) is 4.61. The van der Waals surface area contributed by atoms with Crippen LogP contribution < -0.4 is 5.32 Å². The number of rotatable bonds is 3. The van der Waals surface area contributed by atoms with Gasteiger partial charge in [-0.3, -0.25) is 0 Å². The van der Waals surface area contributed by atoms with Gasteiger partial charge in [-0.05, 0) is 30.3 Å². The maximum absolute atomic E-state index is 11.6. The third-order valence-electron chi connectivity index (χ3n) is 3.13. The lowest BCUT2D eigenvalue weighted by molar-refractivity contribution is 0.0698. The smallest absolute Gasteiger partial charge is 0.341 e. The Kier molecular flexibility index (Phi) is 4.00. The molecule has 0 spiro atoms. The van der Waals surface area contributed by atoms with Crippen molar-refractivity contribution in [2.45, 2.75) is 0 Å². The lowest BCUT2D eigenvalue weighted by Crippen LogP contribution is -2.06. The number of aromatic nitrogens is 1. The van der Waals surface area contributed by atoms with E-state index in [4.69, 9.17) is 11.6 Å². The molecule has 0 unspecified atom stereocenters. The van der Waals surface area contributed by atoms with Crippen molar-refractivity contribution in [3.05, 3.63) is 63.6 Å². The van der Waals surface area contributed by atoms with Crippen molar-refractivity contribution in [3.63, 3.8) is 0 Å². The van der Waals surface area contributed by atoms with E-state index in [9.17, 15) is 9.90 Å². The van der Waals surface area contributed by atoms with Crippen molar-refractivity contribution in [3.8, 4) is 0 Å². The molecule has 3 rings (SSSR count). The third kappa shape index (κ3) is 2.77. The van der Waals surface area contributed by atoms with Crippen LogP contribution in [0.4, 0.5) is 11.5 Å². The standard InChI is InChI=1S/C16H10BrClN2O2/c17-9-6-7-12-11(8-9)14(18)13(16(21)22)15(20-12)19-10-4-2-1-3-5-10/h1-8H,(H,19,20)(H,21,22). The minimum atomic E-state index is -1.13. The van der Waals surface area contributed by atoms with Crippen LogP contribution in [0.25, 0.3) is 10.9 Å². The van der Waals surface area contributed by atoms with E-state index < -0.39 is 5.97 Å². The summed E-state index contributed by atoms with van der Waals surface area (Å²) < 4.78 is 0.809. The van der Waals surface area contributed by atoms with Crippen LogP contribution in [0.3, 0.4) is 0 Å². The normalized spacial score (nSPS) is 10.6. The largest absolute Gasteiger partial charge is 0.478 e. The summed E-state index contributed by atoms with van der Waals surface area (Å²) in [5.41, 5.74) is 1.32. The second kappa shape index (κ2) is 5.94. The van der Waals surface area contributed by atoms with Gasteiger partial charge in [0.2, 0.25) is 0 Å². The fraction of sp³-hybridized carbons (Fsp3) is 0. The zero-order valence-electron chi connectivity index (χ0n) is 11.2. The van der Waals surface area contributed by atoms with Gasteiger partial charge in [0.25, 0.3) is 0 Å². The Morgan fingerprint density at radius 1 is 1.18 bits per heavy atom. The molecule has 1 heterocycles. The molecule has 3 aromatic rings. The van der Waals surface area contributed by atoms with Crippen LogP contribution in [0.5, 0.6) is 0 Å². The summed E-state index contributed by atoms with van der Waals surface area (Å²) in [4.78, 5) is 16.0. The Bertz CT molecular complexity index is 869. The van der Waals surface area contributed by atoms with Crippen LogP contribution in [0.15, 0.2) is 53.0 Å².